The van der Waals surface area contributed by atoms with Crippen LogP contribution in [0.4, 0.5) is 0 Å². The standard InChI is InChI=1S/C44H69N3O10/c1-11-25-14-13-15-33(57-36-17-16-32(47(6)7)23(4)53-36)22(3)40(49)31-20-28-27-18-26(56-44-43(52-10)42(51-9)41(50-8)24(5)54-44)19-30(27)38-39(46-34(12-2)45-38)37(28)29(31)21-35(48)55-25/h20,22-30,32-33,36-37,41-44H,11-19,21H2,1-10H3,(H,45,46)/t22-,23?,24?,25+,26+,27+,28+,29-,30-,32+,33+,36+,37-,41+,42?,43?,44+/m1/s1. The zero-order valence-electron chi connectivity index (χ0n) is 35.9. The lowest BCUT2D eigenvalue weighted by Crippen LogP contribution is -2.59. The van der Waals surface area contributed by atoms with Crippen LogP contribution < -0.4 is 0 Å². The largest absolute Gasteiger partial charge is 0.462 e. The van der Waals surface area contributed by atoms with Gasteiger partial charge in [0.1, 0.15) is 30.2 Å². The Kier molecular flexibility index (Phi) is 13.7. The number of cyclic esters (lactones) is 1. The number of aryl methyl sites for hydroxylation is 1. The van der Waals surface area contributed by atoms with Crippen LogP contribution in [0, 0.1) is 23.7 Å². The van der Waals surface area contributed by atoms with Crippen LogP contribution in [0.2, 0.25) is 0 Å². The van der Waals surface area contributed by atoms with Crippen LogP contribution in [0.25, 0.3) is 0 Å². The Morgan fingerprint density at radius 2 is 1.63 bits per heavy atom. The Balaban J connectivity index is 1.19. The molecular weight excluding hydrogens is 730 g/mol. The molecule has 1 aromatic rings. The van der Waals surface area contributed by atoms with E-state index in [-0.39, 0.29) is 96.8 Å². The number of carbonyl (C=O) groups is 2. The summed E-state index contributed by atoms with van der Waals surface area (Å²) in [6.45, 7) is 10.3. The van der Waals surface area contributed by atoms with Crippen molar-refractivity contribution in [3.63, 3.8) is 0 Å². The maximum atomic E-state index is 15.0. The second kappa shape index (κ2) is 18.2. The van der Waals surface area contributed by atoms with E-state index in [0.717, 1.165) is 74.2 Å². The van der Waals surface area contributed by atoms with E-state index in [4.69, 9.17) is 42.9 Å². The number of methoxy groups -OCH3 is 3. The highest BCUT2D eigenvalue weighted by molar-refractivity contribution is 5.99. The molecule has 7 rings (SSSR count). The first kappa shape index (κ1) is 42.9. The third-order valence-electron chi connectivity index (χ3n) is 14.4. The van der Waals surface area contributed by atoms with E-state index in [1.165, 1.54) is 0 Å². The Morgan fingerprint density at radius 3 is 2.30 bits per heavy atom. The van der Waals surface area contributed by atoms with Gasteiger partial charge >= 0.3 is 5.97 Å². The van der Waals surface area contributed by atoms with Gasteiger partial charge in [0, 0.05) is 63.2 Å². The fourth-order valence-corrected chi connectivity index (χ4v) is 11.4. The van der Waals surface area contributed by atoms with Gasteiger partial charge in [-0.1, -0.05) is 26.8 Å². The molecule has 0 spiro atoms. The van der Waals surface area contributed by atoms with E-state index >= 15 is 4.79 Å². The minimum atomic E-state index is -0.641. The summed E-state index contributed by atoms with van der Waals surface area (Å²) in [5.74, 6) is 0.118. The van der Waals surface area contributed by atoms with Gasteiger partial charge in [-0.2, -0.15) is 0 Å². The van der Waals surface area contributed by atoms with E-state index in [0.29, 0.717) is 12.5 Å². The molecule has 17 atom stereocenters. The van der Waals surface area contributed by atoms with Crippen LogP contribution >= 0.6 is 0 Å². The zero-order valence-corrected chi connectivity index (χ0v) is 35.9. The second-order valence-electron chi connectivity index (χ2n) is 17.8. The summed E-state index contributed by atoms with van der Waals surface area (Å²) in [4.78, 5) is 40.0. The normalized spacial score (nSPS) is 42.6. The molecular formula is C44H69N3O10. The molecule has 320 valence electrons. The molecule has 0 radical (unpaired) electrons. The van der Waals surface area contributed by atoms with E-state index in [2.05, 4.69) is 50.8 Å². The first-order valence-corrected chi connectivity index (χ1v) is 21.8. The number of esters is 1. The molecule has 0 aromatic carbocycles. The van der Waals surface area contributed by atoms with Crippen molar-refractivity contribution in [3.8, 4) is 0 Å². The number of nitrogens with one attached hydrogen (secondary N) is 1. The number of hydrogen-bond donors (Lipinski definition) is 1. The maximum Gasteiger partial charge on any atom is 0.306 e. The minimum Gasteiger partial charge on any atom is -0.462 e. The minimum absolute atomic E-state index is 0.000894. The number of H-pyrrole nitrogens is 1. The summed E-state index contributed by atoms with van der Waals surface area (Å²) in [6.07, 6.45) is 6.28. The van der Waals surface area contributed by atoms with Crippen LogP contribution in [0.3, 0.4) is 0 Å². The number of likely N-dealkylation sites (N-methyl/N-ethyl adjacent to an activating group) is 1. The molecule has 13 heteroatoms. The average Bonchev–Trinajstić information content (AvgIpc) is 3.91. The number of allylic oxidation sites excluding steroid dienone is 2. The highest BCUT2D eigenvalue weighted by Gasteiger charge is 2.57. The topological polar surface area (TPSA) is 140 Å². The first-order chi connectivity index (χ1) is 27.4. The van der Waals surface area contributed by atoms with Gasteiger partial charge in [-0.3, -0.25) is 9.59 Å². The molecule has 3 saturated heterocycles. The number of Topliss-reactive ketones (excluding diaryl/α,β-unsaturated/α-hetero) is 1. The molecule has 1 saturated carbocycles. The molecule has 4 fully saturated rings. The van der Waals surface area contributed by atoms with Crippen molar-refractivity contribution in [1.29, 1.82) is 0 Å². The Bertz CT molecular complexity index is 1580. The molecule has 57 heavy (non-hydrogen) atoms. The number of hydrogen-bond acceptors (Lipinski definition) is 12. The van der Waals surface area contributed by atoms with Crippen molar-refractivity contribution in [1.82, 2.24) is 14.9 Å². The predicted molar refractivity (Wildman–Crippen MR) is 212 cm³/mol. The maximum absolute atomic E-state index is 15.0. The molecule has 13 nitrogen and oxygen atoms in total. The Labute approximate surface area is 339 Å². The van der Waals surface area contributed by atoms with Gasteiger partial charge < -0.3 is 47.8 Å². The molecule has 1 N–H and O–H groups in total. The van der Waals surface area contributed by atoms with Gasteiger partial charge in [0.25, 0.3) is 0 Å². The summed E-state index contributed by atoms with van der Waals surface area (Å²) < 4.78 is 50.2. The monoisotopic (exact) mass is 799 g/mol. The molecule has 0 bridgehead atoms. The van der Waals surface area contributed by atoms with Gasteiger partial charge in [0.2, 0.25) is 0 Å². The van der Waals surface area contributed by atoms with Crippen LogP contribution in [0.15, 0.2) is 11.6 Å². The van der Waals surface area contributed by atoms with Crippen LogP contribution in [0.5, 0.6) is 0 Å². The van der Waals surface area contributed by atoms with Gasteiger partial charge in [0.15, 0.2) is 18.4 Å². The summed E-state index contributed by atoms with van der Waals surface area (Å²) in [6, 6.07) is 0.322. The fraction of sp³-hybridized carbons (Fsp3) is 0.841. The van der Waals surface area contributed by atoms with Crippen molar-refractivity contribution >= 4 is 11.8 Å². The first-order valence-electron chi connectivity index (χ1n) is 21.8. The number of ether oxygens (including phenoxy) is 8. The predicted octanol–water partition coefficient (Wildman–Crippen LogP) is 5.85. The third kappa shape index (κ3) is 8.43. The summed E-state index contributed by atoms with van der Waals surface area (Å²) in [7, 11) is 9.15. The van der Waals surface area contributed by atoms with Crippen LogP contribution in [0.1, 0.15) is 121 Å². The lowest BCUT2D eigenvalue weighted by molar-refractivity contribution is -0.314. The number of nitrogens with zero attached hydrogens (tertiary/aromatic N) is 2. The van der Waals surface area contributed by atoms with Crippen molar-refractivity contribution < 1.29 is 47.5 Å². The number of carbonyl (C=O) groups excluding carboxylic acids is 2. The molecule has 3 aliphatic carbocycles. The van der Waals surface area contributed by atoms with E-state index < -0.39 is 18.3 Å². The smallest absolute Gasteiger partial charge is 0.306 e. The number of rotatable bonds is 10. The summed E-state index contributed by atoms with van der Waals surface area (Å²) >= 11 is 0. The molecule has 3 aliphatic heterocycles. The molecule has 4 unspecified atom stereocenters. The zero-order chi connectivity index (χ0) is 40.7. The van der Waals surface area contributed by atoms with Gasteiger partial charge in [0.05, 0.1) is 36.5 Å². The van der Waals surface area contributed by atoms with Crippen molar-refractivity contribution in [3.05, 3.63) is 28.9 Å². The number of fused-ring (bicyclic) bond motifs is 8. The van der Waals surface area contributed by atoms with Crippen molar-refractivity contribution in [2.45, 2.75) is 178 Å². The molecule has 6 aliphatic rings. The lowest BCUT2D eigenvalue weighted by atomic mass is 9.67. The van der Waals surface area contributed by atoms with E-state index in [9.17, 15) is 4.79 Å². The van der Waals surface area contributed by atoms with Gasteiger partial charge in [-0.05, 0) is 96.7 Å². The summed E-state index contributed by atoms with van der Waals surface area (Å²) in [5.41, 5.74) is 2.81. The average molecular weight is 800 g/mol. The second-order valence-corrected chi connectivity index (χ2v) is 17.8. The molecule has 0 amide bonds. The van der Waals surface area contributed by atoms with Crippen LogP contribution in [-0.2, 0) is 53.9 Å². The fourth-order valence-electron chi connectivity index (χ4n) is 11.4. The van der Waals surface area contributed by atoms with Gasteiger partial charge in [-0.25, -0.2) is 4.98 Å². The number of imidazole rings is 1. The lowest BCUT2D eigenvalue weighted by Gasteiger charge is -2.44. The van der Waals surface area contributed by atoms with Crippen molar-refractivity contribution in [2.24, 2.45) is 23.7 Å². The number of aromatic amines is 1. The third-order valence-corrected chi connectivity index (χ3v) is 14.4. The molecule has 4 heterocycles. The Morgan fingerprint density at radius 1 is 0.877 bits per heavy atom. The van der Waals surface area contributed by atoms with Crippen molar-refractivity contribution in [2.75, 3.05) is 35.4 Å². The van der Waals surface area contributed by atoms with E-state index in [1.54, 1.807) is 21.3 Å². The quantitative estimate of drug-likeness (QED) is 0.284. The number of ketones is 1. The highest BCUT2D eigenvalue weighted by Crippen LogP contribution is 2.61. The van der Waals surface area contributed by atoms with E-state index in [1.807, 2.05) is 13.8 Å². The number of aromatic nitrogens is 2. The highest BCUT2D eigenvalue weighted by atomic mass is 16.7. The molecule has 1 aromatic heterocycles. The van der Waals surface area contributed by atoms with Gasteiger partial charge in [-0.15, -0.1) is 0 Å². The SMILES string of the molecule is CCc1nc2c([nH]1)[C@@H]1C[C@@H](O[C@@H]3OC(C)[C@H](OC)C(OC)C3OC)C[C@H]1[C@@H]1C=C3C(=O)[C@H](C)[C@@H](O[C@H]4CC[C@H](N(C)C)C(C)O4)CCC[C@H](CC)OC(=O)C[C@H]3[C@H]21. The van der Waals surface area contributed by atoms with Crippen LogP contribution in [-0.4, -0.2) is 129 Å². The Hall–Kier alpha value is -2.23. The summed E-state index contributed by atoms with van der Waals surface area (Å²) in [5, 5.41) is 0.